The quantitative estimate of drug-likeness (QED) is 0.794. The first-order valence-electron chi connectivity index (χ1n) is 8.89. The van der Waals surface area contributed by atoms with Crippen LogP contribution >= 0.6 is 11.6 Å². The lowest BCUT2D eigenvalue weighted by atomic mass is 10.1. The summed E-state index contributed by atoms with van der Waals surface area (Å²) in [7, 11) is -2.47. The Morgan fingerprint density at radius 3 is 2.55 bits per heavy atom. The highest BCUT2D eigenvalue weighted by atomic mass is 35.5. The van der Waals surface area contributed by atoms with Crippen LogP contribution < -0.4 is 15.0 Å². The van der Waals surface area contributed by atoms with Crippen molar-refractivity contribution in [1.29, 1.82) is 0 Å². The van der Waals surface area contributed by atoms with Crippen molar-refractivity contribution in [1.82, 2.24) is 9.62 Å². The highest BCUT2D eigenvalue weighted by Crippen LogP contribution is 2.33. The third-order valence-electron chi connectivity index (χ3n) is 5.07. The Bertz CT molecular complexity index is 1070. The Labute approximate surface area is 173 Å². The smallest absolute Gasteiger partial charge is 0.329 e. The van der Waals surface area contributed by atoms with Crippen molar-refractivity contribution in [2.45, 2.75) is 23.4 Å². The summed E-state index contributed by atoms with van der Waals surface area (Å²) in [6, 6.07) is 10.0. The molecule has 0 aliphatic carbocycles. The number of nitrogens with one attached hydrogen (secondary N) is 1. The molecule has 0 saturated carbocycles. The highest BCUT2D eigenvalue weighted by molar-refractivity contribution is 7.89. The first-order chi connectivity index (χ1) is 13.8. The van der Waals surface area contributed by atoms with Gasteiger partial charge in [0.05, 0.1) is 23.7 Å². The molecule has 2 atom stereocenters. The molecule has 0 radical (unpaired) electrons. The summed E-state index contributed by atoms with van der Waals surface area (Å²) < 4.78 is 32.6. The number of rotatable bonds is 4. The van der Waals surface area contributed by atoms with Gasteiger partial charge in [-0.15, -0.1) is 0 Å². The number of urea groups is 1. The summed E-state index contributed by atoms with van der Waals surface area (Å²) in [6.07, 6.45) is 0.348. The number of imide groups is 1. The number of sulfonamides is 1. The van der Waals surface area contributed by atoms with Crippen molar-refractivity contribution in [3.05, 3.63) is 53.6 Å². The number of hydrogen-bond acceptors (Lipinski definition) is 5. The van der Waals surface area contributed by atoms with Crippen LogP contribution in [0.25, 0.3) is 0 Å². The molecular weight excluding hydrogens is 418 g/mol. The normalized spacial score (nSPS) is 22.3. The van der Waals surface area contributed by atoms with Crippen LogP contribution in [0.5, 0.6) is 5.75 Å². The Morgan fingerprint density at radius 2 is 1.86 bits per heavy atom. The molecule has 152 valence electrons. The minimum absolute atomic E-state index is 0.0418. The Hall–Kier alpha value is -2.62. The minimum Gasteiger partial charge on any atom is -0.497 e. The highest BCUT2D eigenvalue weighted by Gasteiger charge is 2.52. The van der Waals surface area contributed by atoms with E-state index in [9.17, 15) is 18.0 Å². The van der Waals surface area contributed by atoms with Crippen molar-refractivity contribution < 1.29 is 22.7 Å². The molecule has 2 aromatic carbocycles. The van der Waals surface area contributed by atoms with Crippen molar-refractivity contribution in [2.75, 3.05) is 18.6 Å². The first kappa shape index (κ1) is 19.7. The van der Waals surface area contributed by atoms with Crippen LogP contribution in [0.4, 0.5) is 10.5 Å². The molecule has 3 amide bonds. The number of hydrogen-bond donors (Lipinski definition) is 1. The van der Waals surface area contributed by atoms with Crippen LogP contribution in [0.3, 0.4) is 0 Å². The topological polar surface area (TPSA) is 96.0 Å². The van der Waals surface area contributed by atoms with Gasteiger partial charge in [0, 0.05) is 17.6 Å². The maximum Gasteiger partial charge on any atom is 0.329 e. The van der Waals surface area contributed by atoms with Gasteiger partial charge in [0.15, 0.2) is 0 Å². The molecule has 8 nitrogen and oxygen atoms in total. The SMILES string of the molecule is COc1cccc(N2C(=O)N[C@@H]3CCN(S(=O)(=O)c4ccc(Cl)cc4)[C@H]3C2=O)c1. The van der Waals surface area contributed by atoms with Gasteiger partial charge in [0.2, 0.25) is 10.0 Å². The fourth-order valence-corrected chi connectivity index (χ4v) is 5.43. The average molecular weight is 436 g/mol. The van der Waals surface area contributed by atoms with E-state index in [0.29, 0.717) is 22.9 Å². The van der Waals surface area contributed by atoms with Crippen LogP contribution in [0.2, 0.25) is 5.02 Å². The second kappa shape index (κ2) is 7.33. The molecule has 29 heavy (non-hydrogen) atoms. The van der Waals surface area contributed by atoms with Crippen molar-refractivity contribution >= 4 is 39.2 Å². The summed E-state index contributed by atoms with van der Waals surface area (Å²) >= 11 is 5.86. The van der Waals surface area contributed by atoms with Crippen LogP contribution in [0, 0.1) is 0 Å². The molecule has 0 unspecified atom stereocenters. The predicted molar refractivity (Wildman–Crippen MR) is 107 cm³/mol. The second-order valence-electron chi connectivity index (χ2n) is 6.73. The number of nitrogens with zero attached hydrogens (tertiary/aromatic N) is 2. The number of carbonyl (C=O) groups is 2. The minimum atomic E-state index is -3.94. The van der Waals surface area contributed by atoms with Crippen molar-refractivity contribution in [3.8, 4) is 5.75 Å². The van der Waals surface area contributed by atoms with Crippen LogP contribution in [0.1, 0.15) is 6.42 Å². The van der Waals surface area contributed by atoms with E-state index >= 15 is 0 Å². The molecule has 10 heteroatoms. The van der Waals surface area contributed by atoms with Crippen LogP contribution in [0.15, 0.2) is 53.4 Å². The number of anilines is 1. The second-order valence-corrected chi connectivity index (χ2v) is 9.06. The van der Waals surface area contributed by atoms with Crippen molar-refractivity contribution in [2.24, 2.45) is 0 Å². The molecule has 2 saturated heterocycles. The first-order valence-corrected chi connectivity index (χ1v) is 10.7. The zero-order valence-corrected chi connectivity index (χ0v) is 17.0. The maximum atomic E-state index is 13.3. The van der Waals surface area contributed by atoms with Gasteiger partial charge < -0.3 is 10.1 Å². The molecule has 2 heterocycles. The predicted octanol–water partition coefficient (Wildman–Crippen LogP) is 2.24. The maximum absolute atomic E-state index is 13.3. The number of benzene rings is 2. The number of methoxy groups -OCH3 is 1. The lowest BCUT2D eigenvalue weighted by Gasteiger charge is -2.36. The van der Waals surface area contributed by atoms with E-state index in [1.54, 1.807) is 24.3 Å². The van der Waals surface area contributed by atoms with E-state index < -0.39 is 34.0 Å². The monoisotopic (exact) mass is 435 g/mol. The molecule has 2 aromatic rings. The summed E-state index contributed by atoms with van der Waals surface area (Å²) in [4.78, 5) is 26.8. The Morgan fingerprint density at radius 1 is 1.14 bits per heavy atom. The average Bonchev–Trinajstić information content (AvgIpc) is 3.13. The number of amides is 3. The Kier molecular flexibility index (Phi) is 4.97. The van der Waals surface area contributed by atoms with E-state index in [0.717, 1.165) is 9.21 Å². The zero-order chi connectivity index (χ0) is 20.8. The van der Waals surface area contributed by atoms with Crippen LogP contribution in [-0.2, 0) is 14.8 Å². The summed E-state index contributed by atoms with van der Waals surface area (Å²) in [6.45, 7) is 0.123. The summed E-state index contributed by atoms with van der Waals surface area (Å²) in [5, 5.41) is 3.17. The molecular formula is C19H18ClN3O5S. The van der Waals surface area contributed by atoms with E-state index in [4.69, 9.17) is 16.3 Å². The summed E-state index contributed by atoms with van der Waals surface area (Å²) in [5.41, 5.74) is 0.307. The van der Waals surface area contributed by atoms with Crippen molar-refractivity contribution in [3.63, 3.8) is 0 Å². The van der Waals surface area contributed by atoms with Gasteiger partial charge in [-0.25, -0.2) is 18.1 Å². The third-order valence-corrected chi connectivity index (χ3v) is 7.22. The van der Waals surface area contributed by atoms with Gasteiger partial charge >= 0.3 is 6.03 Å². The lowest BCUT2D eigenvalue weighted by molar-refractivity contribution is -0.122. The standard InChI is InChI=1S/C19H18ClN3O5S/c1-28-14-4-2-3-13(11-14)23-18(24)17-16(21-19(23)25)9-10-22(17)29(26,27)15-7-5-12(20)6-8-15/h2-8,11,16-17H,9-10H2,1H3,(H,21,25)/t16-,17-/m1/s1. The van der Waals surface area contributed by atoms with Gasteiger partial charge in [0.1, 0.15) is 11.8 Å². The molecule has 2 fully saturated rings. The fourth-order valence-electron chi connectivity index (χ4n) is 3.67. The Balaban J connectivity index is 1.70. The van der Waals surface area contributed by atoms with Crippen LogP contribution in [-0.4, -0.2) is 50.4 Å². The molecule has 0 bridgehead atoms. The largest absolute Gasteiger partial charge is 0.497 e. The van der Waals surface area contributed by atoms with Gasteiger partial charge in [-0.1, -0.05) is 17.7 Å². The zero-order valence-electron chi connectivity index (χ0n) is 15.4. The molecule has 0 aromatic heterocycles. The molecule has 4 rings (SSSR count). The van der Waals surface area contributed by atoms with Gasteiger partial charge in [-0.3, -0.25) is 4.79 Å². The lowest BCUT2D eigenvalue weighted by Crippen LogP contribution is -2.64. The molecule has 2 aliphatic rings. The van der Waals surface area contributed by atoms with E-state index in [2.05, 4.69) is 5.32 Å². The number of ether oxygens (including phenoxy) is 1. The molecule has 1 N–H and O–H groups in total. The summed E-state index contributed by atoms with van der Waals surface area (Å²) in [5.74, 6) is -0.121. The van der Waals surface area contributed by atoms with E-state index in [1.807, 2.05) is 0 Å². The van der Waals surface area contributed by atoms with Gasteiger partial charge in [-0.05, 0) is 42.8 Å². The molecule has 2 aliphatic heterocycles. The van der Waals surface area contributed by atoms with E-state index in [1.165, 1.54) is 31.4 Å². The number of carbonyl (C=O) groups excluding carboxylic acids is 2. The fraction of sp³-hybridized carbons (Fsp3) is 0.263. The third kappa shape index (κ3) is 3.35. The number of halogens is 1. The molecule has 0 spiro atoms. The van der Waals surface area contributed by atoms with Gasteiger partial charge in [0.25, 0.3) is 5.91 Å². The number of fused-ring (bicyclic) bond motifs is 1. The van der Waals surface area contributed by atoms with Gasteiger partial charge in [-0.2, -0.15) is 4.31 Å². The van der Waals surface area contributed by atoms with E-state index in [-0.39, 0.29) is 11.4 Å².